The van der Waals surface area contributed by atoms with Gasteiger partial charge in [0.25, 0.3) is 5.91 Å². The van der Waals surface area contributed by atoms with Crippen molar-refractivity contribution in [2.24, 2.45) is 5.92 Å². The molecule has 2 amide bonds. The lowest BCUT2D eigenvalue weighted by Crippen LogP contribution is -2.45. The summed E-state index contributed by atoms with van der Waals surface area (Å²) in [5, 5.41) is 18.7. The van der Waals surface area contributed by atoms with Crippen LogP contribution >= 0.6 is 0 Å². The molecule has 1 aromatic rings. The van der Waals surface area contributed by atoms with E-state index in [2.05, 4.69) is 6.92 Å². The molecule has 128 valence electrons. The lowest BCUT2D eigenvalue weighted by molar-refractivity contribution is -0.123. The van der Waals surface area contributed by atoms with Gasteiger partial charge in [-0.05, 0) is 50.0 Å². The second-order valence-electron chi connectivity index (χ2n) is 6.51. The molecule has 1 unspecified atom stereocenters. The number of benzene rings is 1. The molecule has 2 N–H and O–H groups in total. The van der Waals surface area contributed by atoms with Crippen molar-refractivity contribution in [1.82, 2.24) is 4.90 Å². The third kappa shape index (κ3) is 2.87. The number of hydrogen-bond donors (Lipinski definition) is 2. The van der Waals surface area contributed by atoms with E-state index in [0.717, 1.165) is 36.9 Å². The van der Waals surface area contributed by atoms with Crippen LogP contribution in [0.2, 0.25) is 0 Å². The fourth-order valence-corrected chi connectivity index (χ4v) is 3.35. The second kappa shape index (κ2) is 6.24. The van der Waals surface area contributed by atoms with Crippen LogP contribution in [0.25, 0.3) is 0 Å². The second-order valence-corrected chi connectivity index (χ2v) is 6.51. The molecule has 0 bridgehead atoms. The summed E-state index contributed by atoms with van der Waals surface area (Å²) in [5.41, 5.74) is -0.142. The van der Waals surface area contributed by atoms with Gasteiger partial charge in [-0.2, -0.15) is 0 Å². The van der Waals surface area contributed by atoms with E-state index in [1.807, 2.05) is 4.90 Å². The Hall–Kier alpha value is -2.41. The average molecular weight is 332 g/mol. The highest BCUT2D eigenvalue weighted by molar-refractivity contribution is 6.22. The van der Waals surface area contributed by atoms with Crippen LogP contribution < -0.4 is 4.90 Å². The number of phenols is 1. The van der Waals surface area contributed by atoms with Gasteiger partial charge >= 0.3 is 5.97 Å². The van der Waals surface area contributed by atoms with Gasteiger partial charge in [-0.15, -0.1) is 0 Å². The van der Waals surface area contributed by atoms with Crippen molar-refractivity contribution in [1.29, 1.82) is 0 Å². The monoisotopic (exact) mass is 332 g/mol. The van der Waals surface area contributed by atoms with Crippen molar-refractivity contribution < 1.29 is 24.6 Å². The summed E-state index contributed by atoms with van der Waals surface area (Å²) in [7, 11) is 0. The fourth-order valence-electron chi connectivity index (χ4n) is 3.35. The topological polar surface area (TPSA) is 98.2 Å². The van der Waals surface area contributed by atoms with Crippen molar-refractivity contribution in [2.75, 3.05) is 18.0 Å². The number of imide groups is 1. The highest BCUT2D eigenvalue weighted by atomic mass is 16.4. The largest absolute Gasteiger partial charge is 0.507 e. The minimum Gasteiger partial charge on any atom is -0.507 e. The maximum absolute atomic E-state index is 12.7. The molecule has 0 aliphatic carbocycles. The molecule has 7 heteroatoms. The van der Waals surface area contributed by atoms with E-state index < -0.39 is 17.8 Å². The molecule has 24 heavy (non-hydrogen) atoms. The van der Waals surface area contributed by atoms with Gasteiger partial charge in [0.15, 0.2) is 0 Å². The van der Waals surface area contributed by atoms with Gasteiger partial charge in [0, 0.05) is 0 Å². The van der Waals surface area contributed by atoms with Crippen LogP contribution in [-0.2, 0) is 9.59 Å². The molecule has 3 rings (SSSR count). The van der Waals surface area contributed by atoms with Gasteiger partial charge in [0.2, 0.25) is 5.91 Å². The van der Waals surface area contributed by atoms with Gasteiger partial charge in [-0.3, -0.25) is 14.5 Å². The third-order valence-electron chi connectivity index (χ3n) is 4.85. The summed E-state index contributed by atoms with van der Waals surface area (Å²) in [6.07, 6.45) is 2.11. The van der Waals surface area contributed by atoms with Crippen LogP contribution in [0.4, 0.5) is 5.69 Å². The number of nitrogens with zero attached hydrogens (tertiary/aromatic N) is 2. The zero-order chi connectivity index (χ0) is 17.4. The number of carboxylic acid groups (broad SMARTS) is 1. The molecule has 2 saturated heterocycles. The van der Waals surface area contributed by atoms with Crippen molar-refractivity contribution in [2.45, 2.75) is 32.2 Å². The van der Waals surface area contributed by atoms with E-state index >= 15 is 0 Å². The lowest BCUT2D eigenvalue weighted by Gasteiger charge is -2.33. The van der Waals surface area contributed by atoms with Crippen molar-refractivity contribution in [3.8, 4) is 5.75 Å². The number of amides is 2. The number of likely N-dealkylation sites (tertiary alicyclic amines) is 1. The molecular formula is C17H20N2O5. The van der Waals surface area contributed by atoms with Gasteiger partial charge in [-0.1, -0.05) is 6.92 Å². The fraction of sp³-hybridized carbons (Fsp3) is 0.471. The first-order chi connectivity index (χ1) is 11.4. The first kappa shape index (κ1) is 16.4. The predicted molar refractivity (Wildman–Crippen MR) is 85.9 cm³/mol. The van der Waals surface area contributed by atoms with Crippen molar-refractivity contribution >= 4 is 23.5 Å². The molecule has 0 spiro atoms. The van der Waals surface area contributed by atoms with Crippen LogP contribution in [0.1, 0.15) is 36.5 Å². The Morgan fingerprint density at radius 1 is 1.21 bits per heavy atom. The van der Waals surface area contributed by atoms with Gasteiger partial charge < -0.3 is 10.2 Å². The molecule has 1 aromatic carbocycles. The zero-order valence-corrected chi connectivity index (χ0v) is 13.4. The third-order valence-corrected chi connectivity index (χ3v) is 4.85. The Morgan fingerprint density at radius 2 is 1.88 bits per heavy atom. The summed E-state index contributed by atoms with van der Waals surface area (Å²) in [6, 6.07) is 3.26. The number of hydrogen-bond acceptors (Lipinski definition) is 5. The van der Waals surface area contributed by atoms with E-state index in [9.17, 15) is 19.5 Å². The average Bonchev–Trinajstić information content (AvgIpc) is 2.83. The van der Waals surface area contributed by atoms with Crippen molar-refractivity contribution in [3.05, 3.63) is 23.8 Å². The van der Waals surface area contributed by atoms with Crippen molar-refractivity contribution in [3.63, 3.8) is 0 Å². The molecule has 1 atom stereocenters. The van der Waals surface area contributed by atoms with Crippen LogP contribution in [0.15, 0.2) is 18.2 Å². The van der Waals surface area contributed by atoms with E-state index in [0.29, 0.717) is 5.92 Å². The SMILES string of the molecule is CC1CCN(C2CC(=O)N(c3ccc(O)c(C(=O)O)c3)C2=O)CC1. The number of carbonyl (C=O) groups excluding carboxylic acids is 2. The number of carbonyl (C=O) groups is 3. The summed E-state index contributed by atoms with van der Waals surface area (Å²) >= 11 is 0. The first-order valence-corrected chi connectivity index (χ1v) is 8.05. The van der Waals surface area contributed by atoms with Gasteiger partial charge in [0.05, 0.1) is 18.2 Å². The maximum atomic E-state index is 12.7. The molecule has 0 saturated carbocycles. The number of piperidine rings is 1. The van der Waals surface area contributed by atoms with Crippen LogP contribution in [-0.4, -0.2) is 52.0 Å². The Labute approximate surface area is 139 Å². The normalized spacial score (nSPS) is 23.0. The minimum absolute atomic E-state index is 0.108. The lowest BCUT2D eigenvalue weighted by atomic mass is 9.97. The van der Waals surface area contributed by atoms with Crippen LogP contribution in [0.5, 0.6) is 5.75 Å². The maximum Gasteiger partial charge on any atom is 0.339 e. The molecule has 2 aliphatic rings. The molecule has 0 radical (unpaired) electrons. The van der Waals surface area contributed by atoms with E-state index in [4.69, 9.17) is 5.11 Å². The Kier molecular flexibility index (Phi) is 4.28. The van der Waals surface area contributed by atoms with E-state index in [1.54, 1.807) is 0 Å². The van der Waals surface area contributed by atoms with Crippen LogP contribution in [0.3, 0.4) is 0 Å². The molecule has 2 aliphatic heterocycles. The Bertz CT molecular complexity index is 694. The zero-order valence-electron chi connectivity index (χ0n) is 13.4. The summed E-state index contributed by atoms with van der Waals surface area (Å²) in [5.74, 6) is -1.75. The standard InChI is InChI=1S/C17H20N2O5/c1-10-4-6-18(7-5-10)13-9-15(21)19(16(13)22)11-2-3-14(20)12(8-11)17(23)24/h2-3,8,10,13,20H,4-7,9H2,1H3,(H,23,24). The molecule has 2 fully saturated rings. The highest BCUT2D eigenvalue weighted by Crippen LogP contribution is 2.31. The molecular weight excluding hydrogens is 312 g/mol. The number of aromatic carboxylic acids is 1. The number of carboxylic acids is 1. The first-order valence-electron chi connectivity index (χ1n) is 8.05. The summed E-state index contributed by atoms with van der Waals surface area (Å²) in [4.78, 5) is 39.3. The summed E-state index contributed by atoms with van der Waals surface area (Å²) in [6.45, 7) is 3.75. The number of anilines is 1. The van der Waals surface area contributed by atoms with Gasteiger partial charge in [-0.25, -0.2) is 9.69 Å². The highest BCUT2D eigenvalue weighted by Gasteiger charge is 2.43. The quantitative estimate of drug-likeness (QED) is 0.813. The van der Waals surface area contributed by atoms with Gasteiger partial charge in [0.1, 0.15) is 11.3 Å². The minimum atomic E-state index is -1.31. The Morgan fingerprint density at radius 3 is 2.50 bits per heavy atom. The predicted octanol–water partition coefficient (Wildman–Crippen LogP) is 1.45. The van der Waals surface area contributed by atoms with Crippen LogP contribution in [0, 0.1) is 5.92 Å². The van der Waals surface area contributed by atoms with E-state index in [1.165, 1.54) is 12.1 Å². The Balaban J connectivity index is 1.84. The number of rotatable bonds is 3. The summed E-state index contributed by atoms with van der Waals surface area (Å²) < 4.78 is 0. The molecule has 2 heterocycles. The van der Waals surface area contributed by atoms with E-state index in [-0.39, 0.29) is 29.5 Å². The number of aromatic hydroxyl groups is 1. The smallest absolute Gasteiger partial charge is 0.339 e. The molecule has 0 aromatic heterocycles. The molecule has 7 nitrogen and oxygen atoms in total.